The van der Waals surface area contributed by atoms with Crippen molar-refractivity contribution < 1.29 is 4.79 Å². The van der Waals surface area contributed by atoms with Gasteiger partial charge < -0.3 is 16.0 Å². The molecule has 0 saturated heterocycles. The molecule has 1 saturated carbocycles. The van der Waals surface area contributed by atoms with Crippen molar-refractivity contribution >= 4 is 17.5 Å². The van der Waals surface area contributed by atoms with E-state index in [9.17, 15) is 4.79 Å². The van der Waals surface area contributed by atoms with Gasteiger partial charge in [-0.3, -0.25) is 4.79 Å². The first-order valence-electron chi connectivity index (χ1n) is 7.29. The van der Waals surface area contributed by atoms with Crippen molar-refractivity contribution in [3.05, 3.63) is 11.9 Å². The van der Waals surface area contributed by atoms with Gasteiger partial charge in [-0.25, -0.2) is 9.97 Å². The Bertz CT molecular complexity index is 459. The molecule has 1 aliphatic carbocycles. The molecule has 0 aromatic carbocycles. The molecule has 20 heavy (non-hydrogen) atoms. The lowest BCUT2D eigenvalue weighted by molar-refractivity contribution is -0.121. The van der Waals surface area contributed by atoms with Crippen LogP contribution in [0, 0.1) is 0 Å². The van der Waals surface area contributed by atoms with E-state index < -0.39 is 0 Å². The summed E-state index contributed by atoms with van der Waals surface area (Å²) < 4.78 is 0. The maximum absolute atomic E-state index is 11.6. The number of carbonyl (C=O) groups is 1. The molecule has 0 spiro atoms. The first-order chi connectivity index (χ1) is 9.74. The number of anilines is 2. The van der Waals surface area contributed by atoms with Crippen LogP contribution < -0.4 is 16.0 Å². The Morgan fingerprint density at radius 3 is 2.75 bits per heavy atom. The van der Waals surface area contributed by atoms with Crippen molar-refractivity contribution in [3.63, 3.8) is 0 Å². The van der Waals surface area contributed by atoms with Crippen LogP contribution in [-0.4, -0.2) is 35.5 Å². The summed E-state index contributed by atoms with van der Waals surface area (Å²) in [5, 5.41) is 9.35. The molecule has 2 rings (SSSR count). The van der Waals surface area contributed by atoms with Crippen LogP contribution >= 0.6 is 0 Å². The minimum absolute atomic E-state index is 0.156. The molecule has 0 unspecified atom stereocenters. The number of aromatic nitrogens is 2. The maximum Gasteiger partial charge on any atom is 0.220 e. The van der Waals surface area contributed by atoms with Crippen LogP contribution in [0.3, 0.4) is 0 Å². The van der Waals surface area contributed by atoms with Crippen LogP contribution in [-0.2, 0) is 11.2 Å². The zero-order chi connectivity index (χ0) is 14.4. The van der Waals surface area contributed by atoms with E-state index in [0.717, 1.165) is 49.4 Å². The van der Waals surface area contributed by atoms with Crippen molar-refractivity contribution in [2.24, 2.45) is 0 Å². The smallest absolute Gasteiger partial charge is 0.220 e. The fourth-order valence-electron chi connectivity index (χ4n) is 2.10. The quantitative estimate of drug-likeness (QED) is 0.628. The Kier molecular flexibility index (Phi) is 5.15. The zero-order valence-corrected chi connectivity index (χ0v) is 12.2. The van der Waals surface area contributed by atoms with E-state index >= 15 is 0 Å². The number of nitrogens with one attached hydrogen (secondary N) is 3. The second-order valence-corrected chi connectivity index (χ2v) is 5.03. The molecule has 1 heterocycles. The van der Waals surface area contributed by atoms with Gasteiger partial charge in [0.05, 0.1) is 0 Å². The van der Waals surface area contributed by atoms with Gasteiger partial charge in [0.15, 0.2) is 0 Å². The maximum atomic E-state index is 11.6. The summed E-state index contributed by atoms with van der Waals surface area (Å²) in [5.74, 6) is 1.87. The molecule has 110 valence electrons. The highest BCUT2D eigenvalue weighted by molar-refractivity contribution is 5.76. The summed E-state index contributed by atoms with van der Waals surface area (Å²) in [6.45, 7) is 2.82. The highest BCUT2D eigenvalue weighted by atomic mass is 16.1. The lowest BCUT2D eigenvalue weighted by Gasteiger charge is -2.12. The third kappa shape index (κ3) is 4.08. The molecule has 0 bridgehead atoms. The number of rotatable bonds is 8. The molecule has 0 atom stereocenters. The first kappa shape index (κ1) is 14.6. The Balaban J connectivity index is 1.76. The summed E-state index contributed by atoms with van der Waals surface area (Å²) in [7, 11) is 1.85. The van der Waals surface area contributed by atoms with Crippen molar-refractivity contribution in [1.82, 2.24) is 15.3 Å². The predicted octanol–water partition coefficient (Wildman–Crippen LogP) is 1.55. The van der Waals surface area contributed by atoms with Gasteiger partial charge in [0.2, 0.25) is 5.91 Å². The van der Waals surface area contributed by atoms with Crippen LogP contribution in [0.1, 0.15) is 38.2 Å². The highest BCUT2D eigenvalue weighted by Crippen LogP contribution is 2.20. The molecule has 0 radical (unpaired) electrons. The van der Waals surface area contributed by atoms with E-state index in [1.165, 1.54) is 0 Å². The van der Waals surface area contributed by atoms with E-state index in [1.807, 2.05) is 7.05 Å². The normalized spacial score (nSPS) is 13.9. The van der Waals surface area contributed by atoms with Gasteiger partial charge in [-0.15, -0.1) is 0 Å². The molecule has 3 N–H and O–H groups in total. The summed E-state index contributed by atoms with van der Waals surface area (Å²) in [5.41, 5.74) is 1.08. The van der Waals surface area contributed by atoms with Crippen molar-refractivity contribution in [2.75, 3.05) is 24.2 Å². The number of nitrogens with zero attached hydrogens (tertiary/aromatic N) is 2. The van der Waals surface area contributed by atoms with Crippen LogP contribution in [0.5, 0.6) is 0 Å². The van der Waals surface area contributed by atoms with Gasteiger partial charge in [-0.05, 0) is 25.7 Å². The minimum atomic E-state index is 0.156. The number of hydrogen-bond donors (Lipinski definition) is 3. The highest BCUT2D eigenvalue weighted by Gasteiger charge is 2.22. The standard InChI is InChI=1S/C14H23N5O/c1-3-11-13(15-2)17-9-18-14(11)16-8-4-5-12(20)19-10-6-7-10/h9-10H,3-8H2,1-2H3,(H,19,20)(H2,15,16,17,18). The average Bonchev–Trinajstić information content (AvgIpc) is 3.26. The lowest BCUT2D eigenvalue weighted by atomic mass is 10.2. The average molecular weight is 277 g/mol. The fourth-order valence-corrected chi connectivity index (χ4v) is 2.10. The summed E-state index contributed by atoms with van der Waals surface area (Å²) >= 11 is 0. The molecular formula is C14H23N5O. The third-order valence-electron chi connectivity index (χ3n) is 3.35. The predicted molar refractivity (Wildman–Crippen MR) is 79.8 cm³/mol. The Morgan fingerprint density at radius 1 is 1.35 bits per heavy atom. The molecule has 1 amide bonds. The molecular weight excluding hydrogens is 254 g/mol. The number of carbonyl (C=O) groups excluding carboxylic acids is 1. The van der Waals surface area contributed by atoms with Gasteiger partial charge in [0.1, 0.15) is 18.0 Å². The fraction of sp³-hybridized carbons (Fsp3) is 0.643. The summed E-state index contributed by atoms with van der Waals surface area (Å²) in [4.78, 5) is 20.0. The third-order valence-corrected chi connectivity index (χ3v) is 3.35. The van der Waals surface area contributed by atoms with E-state index in [4.69, 9.17) is 0 Å². The molecule has 1 aromatic rings. The SMILES string of the molecule is CCc1c(NC)ncnc1NCCCC(=O)NC1CC1. The molecule has 0 aliphatic heterocycles. The van der Waals surface area contributed by atoms with Crippen molar-refractivity contribution in [1.29, 1.82) is 0 Å². The van der Waals surface area contributed by atoms with Crippen LogP contribution in [0.15, 0.2) is 6.33 Å². The van der Waals surface area contributed by atoms with Gasteiger partial charge in [-0.2, -0.15) is 0 Å². The number of hydrogen-bond acceptors (Lipinski definition) is 5. The molecule has 1 aromatic heterocycles. The van der Waals surface area contributed by atoms with Crippen LogP contribution in [0.2, 0.25) is 0 Å². The second kappa shape index (κ2) is 7.07. The largest absolute Gasteiger partial charge is 0.373 e. The second-order valence-electron chi connectivity index (χ2n) is 5.03. The molecule has 6 nitrogen and oxygen atoms in total. The van der Waals surface area contributed by atoms with Crippen molar-refractivity contribution in [2.45, 2.75) is 45.1 Å². The van der Waals surface area contributed by atoms with E-state index in [2.05, 4.69) is 32.8 Å². The van der Waals surface area contributed by atoms with E-state index in [-0.39, 0.29) is 5.91 Å². The lowest BCUT2D eigenvalue weighted by Crippen LogP contribution is -2.25. The van der Waals surface area contributed by atoms with Gasteiger partial charge in [0, 0.05) is 31.6 Å². The van der Waals surface area contributed by atoms with Crippen LogP contribution in [0.25, 0.3) is 0 Å². The van der Waals surface area contributed by atoms with E-state index in [1.54, 1.807) is 6.33 Å². The summed E-state index contributed by atoms with van der Waals surface area (Å²) in [6, 6.07) is 0.446. The molecule has 1 aliphatic rings. The topological polar surface area (TPSA) is 78.9 Å². The molecule has 1 fully saturated rings. The number of amides is 1. The Hall–Kier alpha value is -1.85. The Labute approximate surface area is 119 Å². The Morgan fingerprint density at radius 2 is 2.10 bits per heavy atom. The van der Waals surface area contributed by atoms with Gasteiger partial charge in [-0.1, -0.05) is 6.92 Å². The summed E-state index contributed by atoms with van der Waals surface area (Å²) in [6.07, 6.45) is 6.05. The molecule has 6 heteroatoms. The first-order valence-corrected chi connectivity index (χ1v) is 7.29. The minimum Gasteiger partial charge on any atom is -0.373 e. The zero-order valence-electron chi connectivity index (χ0n) is 12.2. The van der Waals surface area contributed by atoms with E-state index in [0.29, 0.717) is 12.5 Å². The van der Waals surface area contributed by atoms with Gasteiger partial charge >= 0.3 is 0 Å². The monoisotopic (exact) mass is 277 g/mol. The van der Waals surface area contributed by atoms with Crippen molar-refractivity contribution in [3.8, 4) is 0 Å². The van der Waals surface area contributed by atoms with Crippen LogP contribution in [0.4, 0.5) is 11.6 Å². The van der Waals surface area contributed by atoms with Gasteiger partial charge in [0.25, 0.3) is 0 Å².